The van der Waals surface area contributed by atoms with Crippen molar-refractivity contribution in [3.8, 4) is 5.75 Å². The van der Waals surface area contributed by atoms with Gasteiger partial charge in [0.15, 0.2) is 11.6 Å². The van der Waals surface area contributed by atoms with Crippen molar-refractivity contribution in [3.63, 3.8) is 0 Å². The second-order valence-electron chi connectivity index (χ2n) is 3.95. The molecule has 0 bridgehead atoms. The third kappa shape index (κ3) is 3.31. The number of rotatable bonds is 5. The van der Waals surface area contributed by atoms with Gasteiger partial charge in [0.25, 0.3) is 0 Å². The molecule has 0 aliphatic heterocycles. The predicted octanol–water partition coefficient (Wildman–Crippen LogP) is 1.50. The standard InChI is InChI=1S/C12H13FN2O3S/c1-19(16,17)12-14-6-7-15(12)8-9-18-11-5-3-2-4-10(11)13/h2-7H,8-9H2,1H3. The highest BCUT2D eigenvalue weighted by Crippen LogP contribution is 2.15. The van der Waals surface area contributed by atoms with E-state index in [4.69, 9.17) is 4.74 Å². The van der Waals surface area contributed by atoms with Gasteiger partial charge in [-0.15, -0.1) is 0 Å². The second kappa shape index (κ2) is 5.40. The summed E-state index contributed by atoms with van der Waals surface area (Å²) in [6, 6.07) is 6.05. The monoisotopic (exact) mass is 284 g/mol. The smallest absolute Gasteiger partial charge is 0.227 e. The van der Waals surface area contributed by atoms with Gasteiger partial charge in [0.1, 0.15) is 6.61 Å². The minimum absolute atomic E-state index is 0.0235. The summed E-state index contributed by atoms with van der Waals surface area (Å²) in [5.41, 5.74) is 0. The van der Waals surface area contributed by atoms with Crippen LogP contribution < -0.4 is 4.74 Å². The molecule has 1 heterocycles. The van der Waals surface area contributed by atoms with Gasteiger partial charge in [-0.1, -0.05) is 12.1 Å². The number of nitrogens with zero attached hydrogens (tertiary/aromatic N) is 2. The first-order valence-corrected chi connectivity index (χ1v) is 7.46. The third-order valence-corrected chi connectivity index (χ3v) is 3.44. The molecule has 2 aromatic rings. The van der Waals surface area contributed by atoms with E-state index in [0.29, 0.717) is 0 Å². The quantitative estimate of drug-likeness (QED) is 0.835. The molecule has 0 atom stereocenters. The van der Waals surface area contributed by atoms with Gasteiger partial charge in [0.2, 0.25) is 15.0 Å². The van der Waals surface area contributed by atoms with Crippen LogP contribution in [0, 0.1) is 5.82 Å². The molecule has 0 aliphatic carbocycles. The van der Waals surface area contributed by atoms with Gasteiger partial charge in [-0.05, 0) is 12.1 Å². The molecule has 0 saturated heterocycles. The van der Waals surface area contributed by atoms with E-state index in [1.54, 1.807) is 18.3 Å². The van der Waals surface area contributed by atoms with Gasteiger partial charge in [0, 0.05) is 18.6 Å². The average Bonchev–Trinajstić information content (AvgIpc) is 2.80. The van der Waals surface area contributed by atoms with Crippen LogP contribution >= 0.6 is 0 Å². The fraction of sp³-hybridized carbons (Fsp3) is 0.250. The van der Waals surface area contributed by atoms with E-state index in [1.165, 1.54) is 22.9 Å². The number of benzene rings is 1. The van der Waals surface area contributed by atoms with Crippen molar-refractivity contribution < 1.29 is 17.5 Å². The third-order valence-electron chi connectivity index (χ3n) is 2.44. The van der Waals surface area contributed by atoms with E-state index >= 15 is 0 Å². The molecule has 0 unspecified atom stereocenters. The van der Waals surface area contributed by atoms with Crippen molar-refractivity contribution in [2.75, 3.05) is 12.9 Å². The molecule has 0 spiro atoms. The van der Waals surface area contributed by atoms with Crippen LogP contribution in [0.25, 0.3) is 0 Å². The highest BCUT2D eigenvalue weighted by atomic mass is 32.2. The Hall–Kier alpha value is -1.89. The normalized spacial score (nSPS) is 11.5. The molecule has 0 aliphatic rings. The molecule has 1 aromatic heterocycles. The SMILES string of the molecule is CS(=O)(=O)c1nccn1CCOc1ccccc1F. The maximum Gasteiger partial charge on any atom is 0.227 e. The predicted molar refractivity (Wildman–Crippen MR) is 67.2 cm³/mol. The van der Waals surface area contributed by atoms with E-state index < -0.39 is 15.7 Å². The minimum atomic E-state index is -3.37. The van der Waals surface area contributed by atoms with E-state index in [1.807, 2.05) is 0 Å². The number of ether oxygens (including phenoxy) is 1. The molecule has 0 N–H and O–H groups in total. The van der Waals surface area contributed by atoms with Crippen LogP contribution in [0.15, 0.2) is 41.8 Å². The molecule has 0 fully saturated rings. The first kappa shape index (κ1) is 13.5. The lowest BCUT2D eigenvalue weighted by molar-refractivity contribution is 0.280. The lowest BCUT2D eigenvalue weighted by Crippen LogP contribution is -2.13. The van der Waals surface area contributed by atoms with Crippen LogP contribution in [0.3, 0.4) is 0 Å². The molecule has 2 rings (SSSR count). The van der Waals surface area contributed by atoms with E-state index in [2.05, 4.69) is 4.98 Å². The Bertz CT molecular complexity index is 667. The van der Waals surface area contributed by atoms with Gasteiger partial charge in [-0.25, -0.2) is 17.8 Å². The molecule has 7 heteroatoms. The van der Waals surface area contributed by atoms with E-state index in [9.17, 15) is 12.8 Å². The Balaban J connectivity index is 2.01. The summed E-state index contributed by atoms with van der Waals surface area (Å²) in [6.45, 7) is 0.427. The summed E-state index contributed by atoms with van der Waals surface area (Å²) in [6.07, 6.45) is 4.03. The summed E-state index contributed by atoms with van der Waals surface area (Å²) in [4.78, 5) is 3.78. The number of aromatic nitrogens is 2. The topological polar surface area (TPSA) is 61.2 Å². The van der Waals surface area contributed by atoms with Crippen molar-refractivity contribution in [2.24, 2.45) is 0 Å². The molecule has 5 nitrogen and oxygen atoms in total. The highest BCUT2D eigenvalue weighted by molar-refractivity contribution is 7.90. The maximum atomic E-state index is 13.3. The van der Waals surface area contributed by atoms with Gasteiger partial charge in [0.05, 0.1) is 6.54 Å². The molecular formula is C12H13FN2O3S. The molecular weight excluding hydrogens is 271 g/mol. The van der Waals surface area contributed by atoms with E-state index in [-0.39, 0.29) is 24.1 Å². The van der Waals surface area contributed by atoms with Gasteiger partial charge < -0.3 is 9.30 Å². The van der Waals surface area contributed by atoms with Crippen molar-refractivity contribution in [1.82, 2.24) is 9.55 Å². The van der Waals surface area contributed by atoms with E-state index in [0.717, 1.165) is 6.26 Å². The van der Waals surface area contributed by atoms with Gasteiger partial charge in [-0.2, -0.15) is 0 Å². The van der Waals surface area contributed by atoms with Gasteiger partial charge in [-0.3, -0.25) is 0 Å². The summed E-state index contributed by atoms with van der Waals surface area (Å²) in [5.74, 6) is -0.306. The fourth-order valence-electron chi connectivity index (χ4n) is 1.61. The molecule has 0 amide bonds. The Morgan fingerprint density at radius 2 is 2.11 bits per heavy atom. The van der Waals surface area contributed by atoms with Crippen molar-refractivity contribution in [3.05, 3.63) is 42.5 Å². The van der Waals surface area contributed by atoms with Crippen LogP contribution in [-0.4, -0.2) is 30.8 Å². The zero-order valence-electron chi connectivity index (χ0n) is 10.3. The Labute approximate surface area is 110 Å². The maximum absolute atomic E-state index is 13.3. The summed E-state index contributed by atoms with van der Waals surface area (Å²) in [5, 5.41) is -0.0235. The summed E-state index contributed by atoms with van der Waals surface area (Å²) in [7, 11) is -3.37. The zero-order valence-corrected chi connectivity index (χ0v) is 11.1. The van der Waals surface area contributed by atoms with Crippen LogP contribution in [0.2, 0.25) is 0 Å². The van der Waals surface area contributed by atoms with Crippen LogP contribution in [0.4, 0.5) is 4.39 Å². The Morgan fingerprint density at radius 3 is 2.79 bits per heavy atom. The average molecular weight is 284 g/mol. The van der Waals surface area contributed by atoms with Gasteiger partial charge >= 0.3 is 0 Å². The fourth-order valence-corrected chi connectivity index (χ4v) is 2.44. The van der Waals surface area contributed by atoms with Crippen LogP contribution in [0.1, 0.15) is 0 Å². The number of imidazole rings is 1. The lowest BCUT2D eigenvalue weighted by atomic mass is 10.3. The van der Waals surface area contributed by atoms with Crippen LogP contribution in [0.5, 0.6) is 5.75 Å². The number of sulfone groups is 1. The highest BCUT2D eigenvalue weighted by Gasteiger charge is 2.14. The summed E-state index contributed by atoms with van der Waals surface area (Å²) < 4.78 is 42.8. The summed E-state index contributed by atoms with van der Waals surface area (Å²) >= 11 is 0. The largest absolute Gasteiger partial charge is 0.489 e. The number of halogens is 1. The molecule has 0 radical (unpaired) electrons. The minimum Gasteiger partial charge on any atom is -0.489 e. The molecule has 1 aromatic carbocycles. The molecule has 0 saturated carbocycles. The second-order valence-corrected chi connectivity index (χ2v) is 5.86. The molecule has 102 valence electrons. The van der Waals surface area contributed by atoms with Crippen molar-refractivity contribution in [2.45, 2.75) is 11.7 Å². The lowest BCUT2D eigenvalue weighted by Gasteiger charge is -2.09. The number of hydrogen-bond donors (Lipinski definition) is 0. The van der Waals surface area contributed by atoms with Crippen molar-refractivity contribution in [1.29, 1.82) is 0 Å². The first-order valence-electron chi connectivity index (χ1n) is 5.57. The van der Waals surface area contributed by atoms with Crippen LogP contribution in [-0.2, 0) is 16.4 Å². The van der Waals surface area contributed by atoms with Crippen molar-refractivity contribution >= 4 is 9.84 Å². The Morgan fingerprint density at radius 1 is 1.37 bits per heavy atom. The molecule has 19 heavy (non-hydrogen) atoms. The first-order chi connectivity index (χ1) is 8.98. The Kier molecular flexibility index (Phi) is 3.84. The number of hydrogen-bond acceptors (Lipinski definition) is 4. The number of para-hydroxylation sites is 1. The zero-order chi connectivity index (χ0) is 13.9.